The maximum Gasteiger partial charge on any atom is 0.233 e. The van der Waals surface area contributed by atoms with E-state index in [1.165, 1.54) is 0 Å². The topological polar surface area (TPSA) is 43.4 Å². The molecule has 3 nitrogen and oxygen atoms in total. The van der Waals surface area contributed by atoms with Crippen molar-refractivity contribution >= 4 is 19.7 Å². The molecule has 0 amide bonds. The highest BCUT2D eigenvalue weighted by atomic mass is 35.7. The second-order valence-electron chi connectivity index (χ2n) is 4.94. The molecule has 0 radical (unpaired) electrons. The fraction of sp³-hybridized carbons (Fsp3) is 0.250. The quantitative estimate of drug-likeness (QED) is 0.760. The van der Waals surface area contributed by atoms with E-state index in [9.17, 15) is 8.42 Å². The summed E-state index contributed by atoms with van der Waals surface area (Å²) in [5.41, 5.74) is 2.04. The number of hydrogen-bond donors (Lipinski definition) is 0. The molecule has 0 N–H and O–H groups in total. The van der Waals surface area contributed by atoms with Crippen molar-refractivity contribution in [2.45, 2.75) is 12.8 Å². The molecule has 0 saturated heterocycles. The van der Waals surface area contributed by atoms with Gasteiger partial charge in [-0.2, -0.15) is 0 Å². The predicted octanol–water partition coefficient (Wildman–Crippen LogP) is 3.73. The van der Waals surface area contributed by atoms with Crippen LogP contribution >= 0.6 is 10.7 Å². The molecular weight excluding hydrogens is 308 g/mol. The average molecular weight is 325 g/mol. The zero-order chi connectivity index (χ0) is 15.3. The third kappa shape index (κ3) is 5.40. The maximum atomic E-state index is 11.4. The molecule has 0 aliphatic rings. The summed E-state index contributed by atoms with van der Waals surface area (Å²) in [7, 11) is 1.81. The minimum absolute atomic E-state index is 0.148. The van der Waals surface area contributed by atoms with Crippen LogP contribution in [-0.2, 0) is 9.05 Å². The van der Waals surface area contributed by atoms with Crippen molar-refractivity contribution in [1.82, 2.24) is 0 Å². The van der Waals surface area contributed by atoms with Crippen LogP contribution in [0.2, 0.25) is 0 Å². The monoisotopic (exact) mass is 324 g/mol. The summed E-state index contributed by atoms with van der Waals surface area (Å²) < 4.78 is 28.5. The Bertz CT molecular complexity index is 666. The Hall–Kier alpha value is -1.52. The van der Waals surface area contributed by atoms with Gasteiger partial charge in [-0.3, -0.25) is 0 Å². The van der Waals surface area contributed by atoms with E-state index in [4.69, 9.17) is 15.4 Å². The van der Waals surface area contributed by atoms with E-state index in [1.54, 1.807) is 0 Å². The Morgan fingerprint density at radius 1 is 1.05 bits per heavy atom. The molecule has 0 aliphatic heterocycles. The van der Waals surface area contributed by atoms with Crippen molar-refractivity contribution in [3.05, 3.63) is 65.7 Å². The van der Waals surface area contributed by atoms with E-state index >= 15 is 0 Å². The summed E-state index contributed by atoms with van der Waals surface area (Å²) in [6.07, 6.45) is 0. The van der Waals surface area contributed by atoms with Crippen molar-refractivity contribution in [3.63, 3.8) is 0 Å². The highest BCUT2D eigenvalue weighted by Gasteiger charge is 2.19. The van der Waals surface area contributed by atoms with Crippen LogP contribution in [0.5, 0.6) is 5.75 Å². The summed E-state index contributed by atoms with van der Waals surface area (Å²) in [6.45, 7) is 2.26. The normalized spacial score (nSPS) is 12.9. The first-order valence-electron chi connectivity index (χ1n) is 6.61. The molecule has 112 valence electrons. The molecule has 0 bridgehead atoms. The van der Waals surface area contributed by atoms with E-state index in [1.807, 2.05) is 61.5 Å². The summed E-state index contributed by atoms with van der Waals surface area (Å²) in [5.74, 6) is 0.272. The van der Waals surface area contributed by atoms with Gasteiger partial charge in [0.1, 0.15) is 5.75 Å². The predicted molar refractivity (Wildman–Crippen MR) is 85.5 cm³/mol. The SMILES string of the molecule is Cc1ccc(OCC(CS(=O)(=O)Cl)c2ccccc2)cc1. The van der Waals surface area contributed by atoms with Gasteiger partial charge in [-0.1, -0.05) is 48.0 Å². The molecule has 0 aromatic heterocycles. The molecule has 0 heterocycles. The minimum Gasteiger partial charge on any atom is -0.493 e. The lowest BCUT2D eigenvalue weighted by Gasteiger charge is -2.17. The Labute approximate surface area is 129 Å². The van der Waals surface area contributed by atoms with E-state index in [-0.39, 0.29) is 18.3 Å². The number of ether oxygens (including phenoxy) is 1. The van der Waals surface area contributed by atoms with E-state index < -0.39 is 9.05 Å². The first-order chi connectivity index (χ1) is 9.94. The van der Waals surface area contributed by atoms with Gasteiger partial charge in [-0.15, -0.1) is 0 Å². The fourth-order valence-corrected chi connectivity index (χ4v) is 3.26. The highest BCUT2D eigenvalue weighted by molar-refractivity contribution is 8.13. The van der Waals surface area contributed by atoms with Crippen LogP contribution in [0, 0.1) is 6.92 Å². The van der Waals surface area contributed by atoms with E-state index in [0.717, 1.165) is 11.1 Å². The smallest absolute Gasteiger partial charge is 0.233 e. The number of halogens is 1. The fourth-order valence-electron chi connectivity index (χ4n) is 2.04. The summed E-state index contributed by atoms with van der Waals surface area (Å²) in [5, 5.41) is 0. The lowest BCUT2D eigenvalue weighted by molar-refractivity contribution is 0.296. The lowest BCUT2D eigenvalue weighted by atomic mass is 10.0. The van der Waals surface area contributed by atoms with E-state index in [0.29, 0.717) is 5.75 Å². The second-order valence-corrected chi connectivity index (χ2v) is 7.76. The van der Waals surface area contributed by atoms with Crippen LogP contribution in [-0.4, -0.2) is 20.8 Å². The van der Waals surface area contributed by atoms with Gasteiger partial charge >= 0.3 is 0 Å². The molecule has 5 heteroatoms. The zero-order valence-electron chi connectivity index (χ0n) is 11.7. The van der Waals surface area contributed by atoms with Crippen molar-refractivity contribution < 1.29 is 13.2 Å². The summed E-state index contributed by atoms with van der Waals surface area (Å²) in [4.78, 5) is 0. The number of rotatable bonds is 6. The highest BCUT2D eigenvalue weighted by Crippen LogP contribution is 2.21. The van der Waals surface area contributed by atoms with E-state index in [2.05, 4.69) is 0 Å². The largest absolute Gasteiger partial charge is 0.493 e. The van der Waals surface area contributed by atoms with Crippen LogP contribution in [0.3, 0.4) is 0 Å². The van der Waals surface area contributed by atoms with Gasteiger partial charge in [0, 0.05) is 16.6 Å². The molecule has 21 heavy (non-hydrogen) atoms. The third-order valence-corrected chi connectivity index (χ3v) is 4.32. The van der Waals surface area contributed by atoms with Gasteiger partial charge < -0.3 is 4.74 Å². The second kappa shape index (κ2) is 6.96. The number of aryl methyl sites for hydroxylation is 1. The molecular formula is C16H17ClO3S. The van der Waals surface area contributed by atoms with Gasteiger partial charge in [0.15, 0.2) is 0 Å². The van der Waals surface area contributed by atoms with Gasteiger partial charge in [-0.25, -0.2) is 8.42 Å². The Morgan fingerprint density at radius 2 is 1.67 bits per heavy atom. The zero-order valence-corrected chi connectivity index (χ0v) is 13.3. The van der Waals surface area contributed by atoms with Crippen LogP contribution in [0.25, 0.3) is 0 Å². The number of hydrogen-bond acceptors (Lipinski definition) is 3. The molecule has 0 aliphatic carbocycles. The molecule has 2 aromatic carbocycles. The minimum atomic E-state index is -3.59. The first-order valence-corrected chi connectivity index (χ1v) is 9.08. The number of benzene rings is 2. The summed E-state index contributed by atoms with van der Waals surface area (Å²) >= 11 is 0. The van der Waals surface area contributed by atoms with Crippen molar-refractivity contribution in [2.75, 3.05) is 12.4 Å². The average Bonchev–Trinajstić information content (AvgIpc) is 2.45. The van der Waals surface area contributed by atoms with Crippen molar-refractivity contribution in [2.24, 2.45) is 0 Å². The molecule has 1 unspecified atom stereocenters. The molecule has 2 aromatic rings. The van der Waals surface area contributed by atoms with Crippen molar-refractivity contribution in [3.8, 4) is 5.75 Å². The van der Waals surface area contributed by atoms with Crippen LogP contribution < -0.4 is 4.74 Å². The van der Waals surface area contributed by atoms with Crippen LogP contribution in [0.4, 0.5) is 0 Å². The molecule has 0 spiro atoms. The molecule has 1 atom stereocenters. The standard InChI is InChI=1S/C16H17ClO3S/c1-13-7-9-16(10-8-13)20-11-15(12-21(17,18)19)14-5-3-2-4-6-14/h2-10,15H,11-12H2,1H3. The molecule has 0 fully saturated rings. The Balaban J connectivity index is 2.11. The molecule has 2 rings (SSSR count). The molecule has 0 saturated carbocycles. The van der Waals surface area contributed by atoms with Crippen molar-refractivity contribution in [1.29, 1.82) is 0 Å². The third-order valence-electron chi connectivity index (χ3n) is 3.14. The first kappa shape index (κ1) is 15.9. The van der Waals surface area contributed by atoms with Crippen LogP contribution in [0.15, 0.2) is 54.6 Å². The van der Waals surface area contributed by atoms with Crippen LogP contribution in [0.1, 0.15) is 17.0 Å². The Morgan fingerprint density at radius 3 is 2.24 bits per heavy atom. The lowest BCUT2D eigenvalue weighted by Crippen LogP contribution is -2.18. The van der Waals surface area contributed by atoms with Gasteiger partial charge in [0.2, 0.25) is 9.05 Å². The van der Waals surface area contributed by atoms with Gasteiger partial charge in [0.05, 0.1) is 12.4 Å². The van der Waals surface area contributed by atoms with Gasteiger partial charge in [0.25, 0.3) is 0 Å². The maximum absolute atomic E-state index is 11.4. The van der Waals surface area contributed by atoms with Gasteiger partial charge in [-0.05, 0) is 24.6 Å². The summed E-state index contributed by atoms with van der Waals surface area (Å²) in [6, 6.07) is 17.0. The Kier molecular flexibility index (Phi) is 5.26.